The Hall–Kier alpha value is 0.170. The van der Waals surface area contributed by atoms with E-state index in [1.54, 1.807) is 0 Å². The first-order valence-corrected chi connectivity index (χ1v) is 10.7. The Kier molecular flexibility index (Phi) is 25.3. The molecule has 0 unspecified atom stereocenters. The second kappa shape index (κ2) is 23.2. The number of unbranched alkanes of at least 4 members (excludes halogenated alkanes) is 12. The summed E-state index contributed by atoms with van der Waals surface area (Å²) in [6.07, 6.45) is 23.4. The third-order valence-corrected chi connectivity index (χ3v) is 4.75. The van der Waals surface area contributed by atoms with E-state index in [1.807, 2.05) is 7.05 Å². The van der Waals surface area contributed by atoms with Gasteiger partial charge < -0.3 is 14.8 Å². The van der Waals surface area contributed by atoms with Crippen LogP contribution in [0.15, 0.2) is 12.2 Å². The van der Waals surface area contributed by atoms with Crippen molar-refractivity contribution >= 4 is 5.97 Å². The van der Waals surface area contributed by atoms with Gasteiger partial charge in [0.2, 0.25) is 0 Å². The molecule has 0 bridgehead atoms. The summed E-state index contributed by atoms with van der Waals surface area (Å²) in [4.78, 5) is 12.5. The standard InChI is InChI=1S/C22H43NO2.Na/c1-3-4-5-6-7-8-9-10-11-12-13-14-15-16-17-18-20-23(2)21-19-22(24)25;/h10-11H,3-9,12-21H2,1-2H3,(H,24,25);/q;+1/p-1/b11-10-;. The Morgan fingerprint density at radius 3 is 1.73 bits per heavy atom. The van der Waals surface area contributed by atoms with E-state index in [0.717, 1.165) is 6.54 Å². The van der Waals surface area contributed by atoms with Crippen LogP contribution in [-0.2, 0) is 4.79 Å². The molecular formula is C22H42NNaO2. The third kappa shape index (κ3) is 24.2. The average molecular weight is 376 g/mol. The number of carbonyl (C=O) groups excluding carboxylic acids is 1. The van der Waals surface area contributed by atoms with Gasteiger partial charge in [0, 0.05) is 12.5 Å². The zero-order valence-corrected chi connectivity index (χ0v) is 19.9. The smallest absolute Gasteiger partial charge is 0.550 e. The summed E-state index contributed by atoms with van der Waals surface area (Å²) in [5.74, 6) is -0.951. The second-order valence-electron chi connectivity index (χ2n) is 7.36. The van der Waals surface area contributed by atoms with E-state index in [0.29, 0.717) is 6.54 Å². The fraction of sp³-hybridized carbons (Fsp3) is 0.864. The van der Waals surface area contributed by atoms with E-state index < -0.39 is 5.97 Å². The summed E-state index contributed by atoms with van der Waals surface area (Å²) in [7, 11) is 1.99. The Morgan fingerprint density at radius 1 is 0.769 bits per heavy atom. The van der Waals surface area contributed by atoms with Crippen LogP contribution in [0.3, 0.4) is 0 Å². The van der Waals surface area contributed by atoms with Crippen molar-refractivity contribution in [1.82, 2.24) is 4.90 Å². The predicted octanol–water partition coefficient (Wildman–Crippen LogP) is 2.10. The number of allylic oxidation sites excluding steroid dienone is 2. The monoisotopic (exact) mass is 375 g/mol. The van der Waals surface area contributed by atoms with Gasteiger partial charge in [0.1, 0.15) is 0 Å². The summed E-state index contributed by atoms with van der Waals surface area (Å²) in [5.41, 5.74) is 0. The molecule has 0 radical (unpaired) electrons. The van der Waals surface area contributed by atoms with E-state index in [-0.39, 0.29) is 36.0 Å². The van der Waals surface area contributed by atoms with Crippen molar-refractivity contribution in [3.63, 3.8) is 0 Å². The van der Waals surface area contributed by atoms with Gasteiger partial charge in [-0.2, -0.15) is 0 Å². The molecule has 4 heteroatoms. The van der Waals surface area contributed by atoms with Gasteiger partial charge in [-0.1, -0.05) is 76.9 Å². The molecule has 0 amide bonds. The van der Waals surface area contributed by atoms with Crippen LogP contribution in [0.2, 0.25) is 0 Å². The van der Waals surface area contributed by atoms with Crippen LogP contribution in [-0.4, -0.2) is 31.0 Å². The SMILES string of the molecule is CCCCCCCC/C=C\CCCCCCCCN(C)CCC(=O)[O-].[Na+]. The maximum atomic E-state index is 10.4. The second-order valence-corrected chi connectivity index (χ2v) is 7.36. The van der Waals surface area contributed by atoms with Gasteiger partial charge in [0.05, 0.1) is 0 Å². The van der Waals surface area contributed by atoms with Gasteiger partial charge in [0.25, 0.3) is 0 Å². The zero-order valence-electron chi connectivity index (χ0n) is 17.9. The first-order valence-electron chi connectivity index (χ1n) is 10.7. The fourth-order valence-electron chi connectivity index (χ4n) is 3.02. The van der Waals surface area contributed by atoms with E-state index in [4.69, 9.17) is 0 Å². The van der Waals surface area contributed by atoms with Crippen molar-refractivity contribution in [1.29, 1.82) is 0 Å². The quantitative estimate of drug-likeness (QED) is 0.197. The predicted molar refractivity (Wildman–Crippen MR) is 107 cm³/mol. The molecular weight excluding hydrogens is 333 g/mol. The summed E-state index contributed by atoms with van der Waals surface area (Å²) in [6.45, 7) is 3.87. The average Bonchev–Trinajstić information content (AvgIpc) is 2.59. The number of carboxylic acid groups (broad SMARTS) is 1. The van der Waals surface area contributed by atoms with Gasteiger partial charge in [-0.3, -0.25) is 0 Å². The van der Waals surface area contributed by atoms with Crippen LogP contribution in [0.1, 0.15) is 103 Å². The molecule has 148 valence electrons. The van der Waals surface area contributed by atoms with E-state index in [9.17, 15) is 9.90 Å². The molecule has 0 aromatic carbocycles. The first-order chi connectivity index (χ1) is 12.2. The number of nitrogens with zero attached hydrogens (tertiary/aromatic N) is 1. The van der Waals surface area contributed by atoms with Crippen LogP contribution in [0.4, 0.5) is 0 Å². The molecule has 0 aliphatic carbocycles. The molecule has 0 aliphatic rings. The Balaban J connectivity index is 0. The van der Waals surface area contributed by atoms with Crippen molar-refractivity contribution in [3.05, 3.63) is 12.2 Å². The third-order valence-electron chi connectivity index (χ3n) is 4.75. The van der Waals surface area contributed by atoms with Crippen LogP contribution in [0, 0.1) is 0 Å². The van der Waals surface area contributed by atoms with E-state index >= 15 is 0 Å². The van der Waals surface area contributed by atoms with Crippen LogP contribution in [0.25, 0.3) is 0 Å². The molecule has 0 aromatic rings. The van der Waals surface area contributed by atoms with Crippen molar-refractivity contribution in [2.45, 2.75) is 103 Å². The minimum atomic E-state index is -0.951. The zero-order chi connectivity index (χ0) is 18.6. The van der Waals surface area contributed by atoms with Gasteiger partial charge in [-0.25, -0.2) is 0 Å². The van der Waals surface area contributed by atoms with Crippen molar-refractivity contribution in [2.75, 3.05) is 20.1 Å². The summed E-state index contributed by atoms with van der Waals surface area (Å²) in [5, 5.41) is 10.4. The molecule has 0 fully saturated rings. The molecule has 0 rings (SSSR count). The number of aliphatic carboxylic acids is 1. The van der Waals surface area contributed by atoms with Crippen LogP contribution < -0.4 is 34.7 Å². The van der Waals surface area contributed by atoms with Gasteiger partial charge >= 0.3 is 29.6 Å². The van der Waals surface area contributed by atoms with Crippen LogP contribution in [0.5, 0.6) is 0 Å². The largest absolute Gasteiger partial charge is 1.00 e. The van der Waals surface area contributed by atoms with Crippen LogP contribution >= 0.6 is 0 Å². The molecule has 26 heavy (non-hydrogen) atoms. The number of hydrogen-bond acceptors (Lipinski definition) is 3. The molecule has 3 nitrogen and oxygen atoms in total. The maximum absolute atomic E-state index is 10.4. The van der Waals surface area contributed by atoms with Crippen molar-refractivity contribution in [3.8, 4) is 0 Å². The minimum absolute atomic E-state index is 0. The first kappa shape index (κ1) is 28.4. The summed E-state index contributed by atoms with van der Waals surface area (Å²) in [6, 6.07) is 0. The Morgan fingerprint density at radius 2 is 1.23 bits per heavy atom. The molecule has 0 aliphatic heterocycles. The number of hydrogen-bond donors (Lipinski definition) is 0. The number of carbonyl (C=O) groups is 1. The molecule has 0 aromatic heterocycles. The summed E-state index contributed by atoms with van der Waals surface area (Å²) < 4.78 is 0. The van der Waals surface area contributed by atoms with Gasteiger partial charge in [-0.05, 0) is 52.1 Å². The molecule has 0 atom stereocenters. The number of carboxylic acids is 1. The molecule has 0 saturated heterocycles. The van der Waals surface area contributed by atoms with Crippen molar-refractivity contribution < 1.29 is 39.5 Å². The van der Waals surface area contributed by atoms with Gasteiger partial charge in [0.15, 0.2) is 0 Å². The Bertz CT molecular complexity index is 321. The molecule has 0 heterocycles. The van der Waals surface area contributed by atoms with Gasteiger partial charge in [-0.15, -0.1) is 0 Å². The molecule has 0 N–H and O–H groups in total. The summed E-state index contributed by atoms with van der Waals surface area (Å²) >= 11 is 0. The maximum Gasteiger partial charge on any atom is 1.00 e. The fourth-order valence-corrected chi connectivity index (χ4v) is 3.02. The molecule has 0 saturated carbocycles. The Labute approximate surface area is 185 Å². The topological polar surface area (TPSA) is 43.4 Å². The normalized spacial score (nSPS) is 11.2. The molecule has 0 spiro atoms. The van der Waals surface area contributed by atoms with E-state index in [2.05, 4.69) is 24.0 Å². The van der Waals surface area contributed by atoms with Crippen molar-refractivity contribution in [2.24, 2.45) is 0 Å². The van der Waals surface area contributed by atoms with E-state index in [1.165, 1.54) is 89.9 Å². The number of rotatable bonds is 19. The minimum Gasteiger partial charge on any atom is -0.550 e.